The SMILES string of the molecule is COc1cccc(NC(=O)NCCCCC(=O)NCC(=O)NC(CC(=O)OOC(=O)C(F)(F)F)c2ccc(-c3ccccc3)cc2)c1. The molecule has 4 amide bonds. The number of alkyl halides is 3. The van der Waals surface area contributed by atoms with Crippen molar-refractivity contribution in [2.24, 2.45) is 0 Å². The highest BCUT2D eigenvalue weighted by Gasteiger charge is 2.43. The maximum atomic E-state index is 12.7. The van der Waals surface area contributed by atoms with Gasteiger partial charge in [0.15, 0.2) is 0 Å². The molecule has 1 atom stereocenters. The zero-order valence-electron chi connectivity index (χ0n) is 25.2. The van der Waals surface area contributed by atoms with Crippen molar-refractivity contribution in [3.05, 3.63) is 84.4 Å². The molecule has 1 unspecified atom stereocenters. The molecule has 0 bridgehead atoms. The van der Waals surface area contributed by atoms with E-state index in [0.717, 1.165) is 11.1 Å². The number of rotatable bonds is 14. The average molecular weight is 659 g/mol. The molecule has 0 aromatic heterocycles. The Morgan fingerprint density at radius 3 is 2.17 bits per heavy atom. The van der Waals surface area contributed by atoms with Gasteiger partial charge in [-0.05, 0) is 41.7 Å². The van der Waals surface area contributed by atoms with E-state index >= 15 is 0 Å². The third kappa shape index (κ3) is 12.7. The monoisotopic (exact) mass is 658 g/mol. The molecule has 0 aliphatic carbocycles. The van der Waals surface area contributed by atoms with Gasteiger partial charge in [-0.1, -0.05) is 60.7 Å². The van der Waals surface area contributed by atoms with E-state index in [2.05, 4.69) is 31.0 Å². The number of urea groups is 1. The molecule has 0 spiro atoms. The lowest BCUT2D eigenvalue weighted by molar-refractivity contribution is -0.286. The van der Waals surface area contributed by atoms with Crippen molar-refractivity contribution in [2.75, 3.05) is 25.5 Å². The standard InChI is InChI=1S/C32H33F3N4O8/c1-45-25-11-7-10-24(18-25)38-31(44)36-17-6-5-12-27(40)37-20-28(41)39-26(19-29(42)46-47-30(43)32(33,34)35)23-15-13-22(14-16-23)21-8-3-2-4-9-21/h2-4,7-11,13-16,18,26H,5-6,12,17,19-20H2,1H3,(H,37,40)(H,39,41)(H2,36,38,44). The van der Waals surface area contributed by atoms with Crippen molar-refractivity contribution in [2.45, 2.75) is 37.9 Å². The van der Waals surface area contributed by atoms with Crippen molar-refractivity contribution < 1.29 is 51.7 Å². The predicted octanol–water partition coefficient (Wildman–Crippen LogP) is 4.58. The normalized spacial score (nSPS) is 11.4. The van der Waals surface area contributed by atoms with Crippen LogP contribution in [0.15, 0.2) is 78.9 Å². The fraction of sp³-hybridized carbons (Fsp3) is 0.281. The Morgan fingerprint density at radius 2 is 1.49 bits per heavy atom. The lowest BCUT2D eigenvalue weighted by Gasteiger charge is -2.19. The van der Waals surface area contributed by atoms with Crippen molar-refractivity contribution >= 4 is 35.5 Å². The number of carbonyl (C=O) groups is 5. The molecule has 0 fully saturated rings. The Hall–Kier alpha value is -5.60. The van der Waals surface area contributed by atoms with E-state index in [4.69, 9.17) is 4.74 Å². The molecule has 3 aromatic rings. The first-order chi connectivity index (χ1) is 22.4. The van der Waals surface area contributed by atoms with Gasteiger partial charge in [0.25, 0.3) is 0 Å². The van der Waals surface area contributed by atoms with Crippen molar-refractivity contribution in [3.63, 3.8) is 0 Å². The number of methoxy groups -OCH3 is 1. The summed E-state index contributed by atoms with van der Waals surface area (Å²) in [5, 5.41) is 10.3. The zero-order valence-corrected chi connectivity index (χ0v) is 25.2. The molecule has 250 valence electrons. The highest BCUT2D eigenvalue weighted by molar-refractivity contribution is 5.89. The molecule has 4 N–H and O–H groups in total. The summed E-state index contributed by atoms with van der Waals surface area (Å²) in [5.41, 5.74) is 2.66. The molecule has 0 saturated carbocycles. The molecule has 47 heavy (non-hydrogen) atoms. The minimum Gasteiger partial charge on any atom is -0.497 e. The Kier molecular flexibility index (Phi) is 13.6. The summed E-state index contributed by atoms with van der Waals surface area (Å²) in [7, 11) is 1.51. The minimum atomic E-state index is -5.37. The Labute approximate surface area is 267 Å². The van der Waals surface area contributed by atoms with Gasteiger partial charge in [0, 0.05) is 24.7 Å². The van der Waals surface area contributed by atoms with Crippen LogP contribution in [0, 0.1) is 0 Å². The fourth-order valence-corrected chi connectivity index (χ4v) is 4.12. The smallest absolute Gasteiger partial charge is 0.495 e. The van der Waals surface area contributed by atoms with Crippen LogP contribution in [-0.2, 0) is 29.0 Å². The van der Waals surface area contributed by atoms with Crippen LogP contribution in [0.4, 0.5) is 23.7 Å². The van der Waals surface area contributed by atoms with Crippen LogP contribution in [0.3, 0.4) is 0 Å². The third-order valence-electron chi connectivity index (χ3n) is 6.46. The summed E-state index contributed by atoms with van der Waals surface area (Å²) in [5.74, 6) is -4.62. The fourth-order valence-electron chi connectivity index (χ4n) is 4.12. The van der Waals surface area contributed by atoms with Gasteiger partial charge in [-0.25, -0.2) is 24.2 Å². The number of anilines is 1. The summed E-state index contributed by atoms with van der Waals surface area (Å²) in [6.45, 7) is -0.167. The predicted molar refractivity (Wildman–Crippen MR) is 162 cm³/mol. The van der Waals surface area contributed by atoms with Gasteiger partial charge in [0.05, 0.1) is 26.1 Å². The van der Waals surface area contributed by atoms with Gasteiger partial charge in [0.1, 0.15) is 5.75 Å². The van der Waals surface area contributed by atoms with Crippen LogP contribution in [0.25, 0.3) is 11.1 Å². The van der Waals surface area contributed by atoms with Crippen molar-refractivity contribution in [3.8, 4) is 16.9 Å². The van der Waals surface area contributed by atoms with Gasteiger partial charge in [-0.2, -0.15) is 13.2 Å². The number of ether oxygens (including phenoxy) is 1. The molecule has 0 heterocycles. The van der Waals surface area contributed by atoms with E-state index in [0.29, 0.717) is 36.4 Å². The van der Waals surface area contributed by atoms with Crippen LogP contribution in [0.5, 0.6) is 5.75 Å². The summed E-state index contributed by atoms with van der Waals surface area (Å²) < 4.78 is 42.3. The van der Waals surface area contributed by atoms with Gasteiger partial charge in [0.2, 0.25) is 11.8 Å². The number of carbonyl (C=O) groups excluding carboxylic acids is 5. The molecule has 0 radical (unpaired) electrons. The van der Waals surface area contributed by atoms with Crippen molar-refractivity contribution in [1.29, 1.82) is 0 Å². The molecule has 3 aromatic carbocycles. The van der Waals surface area contributed by atoms with Crippen LogP contribution in [0.2, 0.25) is 0 Å². The van der Waals surface area contributed by atoms with Gasteiger partial charge in [-0.15, -0.1) is 0 Å². The first kappa shape index (κ1) is 35.9. The Morgan fingerprint density at radius 1 is 0.787 bits per heavy atom. The second kappa shape index (κ2) is 17.8. The van der Waals surface area contributed by atoms with E-state index in [-0.39, 0.29) is 6.42 Å². The largest absolute Gasteiger partial charge is 0.497 e. The Balaban J connectivity index is 1.46. The second-order valence-corrected chi connectivity index (χ2v) is 9.98. The lowest BCUT2D eigenvalue weighted by atomic mass is 9.99. The summed E-state index contributed by atoms with van der Waals surface area (Å²) >= 11 is 0. The highest BCUT2D eigenvalue weighted by atomic mass is 19.4. The van der Waals surface area contributed by atoms with Crippen molar-refractivity contribution in [1.82, 2.24) is 16.0 Å². The Bertz CT molecular complexity index is 1520. The number of halogens is 3. The number of nitrogens with one attached hydrogen (secondary N) is 4. The lowest BCUT2D eigenvalue weighted by Crippen LogP contribution is -2.39. The molecular weight excluding hydrogens is 625 g/mol. The maximum Gasteiger partial charge on any atom is 0.495 e. The average Bonchev–Trinajstić information content (AvgIpc) is 3.06. The van der Waals surface area contributed by atoms with E-state index < -0.39 is 55.0 Å². The quantitative estimate of drug-likeness (QED) is 0.111. The van der Waals surface area contributed by atoms with E-state index in [1.807, 2.05) is 30.3 Å². The first-order valence-corrected chi connectivity index (χ1v) is 14.3. The molecular formula is C32H33F3N4O8. The number of hydrogen-bond donors (Lipinski definition) is 4. The number of unbranched alkanes of at least 4 members (excludes halogenated alkanes) is 1. The van der Waals surface area contributed by atoms with Gasteiger partial charge >= 0.3 is 24.1 Å². The summed E-state index contributed by atoms with van der Waals surface area (Å²) in [4.78, 5) is 67.6. The van der Waals surface area contributed by atoms with Gasteiger partial charge < -0.3 is 26.0 Å². The van der Waals surface area contributed by atoms with Crippen LogP contribution >= 0.6 is 0 Å². The van der Waals surface area contributed by atoms with E-state index in [9.17, 15) is 37.1 Å². The van der Waals surface area contributed by atoms with E-state index in [1.165, 1.54) is 7.11 Å². The van der Waals surface area contributed by atoms with Crippen LogP contribution in [-0.4, -0.2) is 56.2 Å². The number of amides is 4. The van der Waals surface area contributed by atoms with Crippen LogP contribution < -0.4 is 26.0 Å². The summed E-state index contributed by atoms with van der Waals surface area (Å²) in [6, 6.07) is 21.2. The second-order valence-electron chi connectivity index (χ2n) is 9.98. The molecule has 0 aliphatic heterocycles. The topological polar surface area (TPSA) is 161 Å². The molecule has 12 nitrogen and oxygen atoms in total. The zero-order chi connectivity index (χ0) is 34.2. The summed E-state index contributed by atoms with van der Waals surface area (Å²) in [6.07, 6.45) is -5.11. The molecule has 0 saturated heterocycles. The molecule has 0 aliphatic rings. The third-order valence-corrected chi connectivity index (χ3v) is 6.46. The molecule has 3 rings (SSSR count). The minimum absolute atomic E-state index is 0.0632. The maximum absolute atomic E-state index is 12.7. The molecule has 15 heteroatoms. The van der Waals surface area contributed by atoms with Crippen LogP contribution in [0.1, 0.15) is 37.3 Å². The number of benzene rings is 3. The number of hydrogen-bond acceptors (Lipinski definition) is 8. The van der Waals surface area contributed by atoms with Gasteiger partial charge in [-0.3, -0.25) is 9.59 Å². The van der Waals surface area contributed by atoms with E-state index in [1.54, 1.807) is 48.5 Å². The first-order valence-electron chi connectivity index (χ1n) is 14.3. The highest BCUT2D eigenvalue weighted by Crippen LogP contribution is 2.24.